The van der Waals surface area contributed by atoms with Gasteiger partial charge in [0, 0.05) is 4.90 Å². The van der Waals surface area contributed by atoms with Gasteiger partial charge >= 0.3 is 12.4 Å². The van der Waals surface area contributed by atoms with Crippen LogP contribution < -0.4 is 0 Å². The van der Waals surface area contributed by atoms with E-state index in [9.17, 15) is 26.3 Å². The average molecular weight is 274 g/mol. The summed E-state index contributed by atoms with van der Waals surface area (Å²) in [4.78, 5) is -0.658. The third-order valence-electron chi connectivity index (χ3n) is 2.23. The third-order valence-corrected chi connectivity index (χ3v) is 2.74. The van der Waals surface area contributed by atoms with Crippen molar-refractivity contribution in [3.63, 3.8) is 0 Å². The first-order chi connectivity index (χ1) is 7.59. The van der Waals surface area contributed by atoms with Crippen molar-refractivity contribution in [1.82, 2.24) is 0 Å². The molecule has 17 heavy (non-hydrogen) atoms. The molecule has 1 aromatic rings. The van der Waals surface area contributed by atoms with Crippen molar-refractivity contribution in [2.45, 2.75) is 30.6 Å². The molecule has 7 heteroatoms. The Labute approximate surface area is 99.0 Å². The highest BCUT2D eigenvalue weighted by Gasteiger charge is 2.44. The molecule has 0 N–H and O–H groups in total. The highest BCUT2D eigenvalue weighted by molar-refractivity contribution is 7.80. The Morgan fingerprint density at radius 1 is 1.00 bits per heavy atom. The van der Waals surface area contributed by atoms with E-state index in [1.165, 1.54) is 0 Å². The predicted molar refractivity (Wildman–Crippen MR) is 53.1 cm³/mol. The van der Waals surface area contributed by atoms with Crippen molar-refractivity contribution >= 4 is 12.6 Å². The Morgan fingerprint density at radius 2 is 1.53 bits per heavy atom. The summed E-state index contributed by atoms with van der Waals surface area (Å²) in [6, 6.07) is 1.46. The van der Waals surface area contributed by atoms with Gasteiger partial charge in [-0.05, 0) is 18.1 Å². The Bertz CT molecular complexity index is 418. The minimum absolute atomic E-state index is 0.133. The number of aryl methyl sites for hydroxylation is 1. The molecule has 1 aromatic carbocycles. The second kappa shape index (κ2) is 4.44. The first kappa shape index (κ1) is 14.2. The molecule has 0 fully saturated rings. The highest BCUT2D eigenvalue weighted by Crippen LogP contribution is 2.44. The zero-order valence-corrected chi connectivity index (χ0v) is 9.47. The molecule has 0 atom stereocenters. The van der Waals surface area contributed by atoms with Crippen LogP contribution in [0.4, 0.5) is 26.3 Å². The lowest BCUT2D eigenvalue weighted by Gasteiger charge is -2.19. The molecule has 0 amide bonds. The van der Waals surface area contributed by atoms with E-state index in [1.807, 2.05) is 0 Å². The normalized spacial score (nSPS) is 12.9. The molecule has 0 aromatic heterocycles. The van der Waals surface area contributed by atoms with Crippen molar-refractivity contribution < 1.29 is 26.3 Å². The molecule has 0 heterocycles. The van der Waals surface area contributed by atoms with E-state index in [0.29, 0.717) is 6.07 Å². The number of rotatable bonds is 1. The molecule has 0 radical (unpaired) electrons. The molecule has 1 rings (SSSR count). The first-order valence-corrected chi connectivity index (χ1v) is 5.03. The molecular formula is C10H8F6S. The lowest BCUT2D eigenvalue weighted by atomic mass is 10.0. The lowest BCUT2D eigenvalue weighted by molar-refractivity contribution is -0.163. The van der Waals surface area contributed by atoms with Gasteiger partial charge < -0.3 is 0 Å². The van der Waals surface area contributed by atoms with E-state index in [4.69, 9.17) is 0 Å². The van der Waals surface area contributed by atoms with Gasteiger partial charge in [0.2, 0.25) is 0 Å². The van der Waals surface area contributed by atoms with Crippen LogP contribution in [0.15, 0.2) is 17.0 Å². The van der Waals surface area contributed by atoms with Crippen LogP contribution in [-0.2, 0) is 18.8 Å². The summed E-state index contributed by atoms with van der Waals surface area (Å²) in [5.41, 5.74) is -3.28. The molecule has 0 saturated heterocycles. The van der Waals surface area contributed by atoms with Crippen molar-refractivity contribution in [1.29, 1.82) is 0 Å². The highest BCUT2D eigenvalue weighted by atomic mass is 32.1. The third kappa shape index (κ3) is 2.88. The number of thiol groups is 1. The molecule has 0 aliphatic heterocycles. The number of alkyl halides is 6. The zero-order valence-electron chi connectivity index (χ0n) is 8.58. The Balaban J connectivity index is 3.59. The van der Waals surface area contributed by atoms with Gasteiger partial charge in [0.25, 0.3) is 0 Å². The Kier molecular flexibility index (Phi) is 3.71. The van der Waals surface area contributed by atoms with Gasteiger partial charge in [-0.25, -0.2) is 0 Å². The quantitative estimate of drug-likeness (QED) is 0.562. The van der Waals surface area contributed by atoms with Gasteiger partial charge in [0.1, 0.15) is 0 Å². The van der Waals surface area contributed by atoms with E-state index in [2.05, 4.69) is 12.6 Å². The lowest BCUT2D eigenvalue weighted by Crippen LogP contribution is -2.18. The molecule has 0 aliphatic carbocycles. The smallest absolute Gasteiger partial charge is 0.166 e. The fourth-order valence-corrected chi connectivity index (χ4v) is 1.92. The number of hydrogen-bond donors (Lipinski definition) is 1. The van der Waals surface area contributed by atoms with Gasteiger partial charge in [-0.1, -0.05) is 13.0 Å². The van der Waals surface area contributed by atoms with Gasteiger partial charge in [0.15, 0.2) is 0 Å². The van der Waals surface area contributed by atoms with Crippen LogP contribution in [0.2, 0.25) is 0 Å². The van der Waals surface area contributed by atoms with E-state index in [1.54, 1.807) is 6.92 Å². The maximum atomic E-state index is 12.6. The fourth-order valence-electron chi connectivity index (χ4n) is 1.44. The summed E-state index contributed by atoms with van der Waals surface area (Å²) in [6.07, 6.45) is -9.94. The van der Waals surface area contributed by atoms with Crippen molar-refractivity contribution in [2.24, 2.45) is 0 Å². The standard InChI is InChI=1S/C10H8F6S/c1-2-5-3-4-6(9(11,12)13)7(8(5)17)10(14,15)16/h3-4,17H,2H2,1H3. The summed E-state index contributed by atoms with van der Waals surface area (Å²) in [5.74, 6) is 0. The van der Waals surface area contributed by atoms with Gasteiger partial charge in [-0.15, -0.1) is 12.6 Å². The van der Waals surface area contributed by atoms with Crippen LogP contribution in [0.25, 0.3) is 0 Å². The largest absolute Gasteiger partial charge is 0.418 e. The van der Waals surface area contributed by atoms with Crippen LogP contribution >= 0.6 is 12.6 Å². The molecule has 0 saturated carbocycles. The second-order valence-electron chi connectivity index (χ2n) is 3.34. The average Bonchev–Trinajstić information content (AvgIpc) is 2.13. The minimum Gasteiger partial charge on any atom is -0.166 e. The molecule has 0 aliphatic rings. The van der Waals surface area contributed by atoms with Crippen molar-refractivity contribution in [2.75, 3.05) is 0 Å². The van der Waals surface area contributed by atoms with E-state index < -0.39 is 28.4 Å². The van der Waals surface area contributed by atoms with E-state index >= 15 is 0 Å². The molecular weight excluding hydrogens is 266 g/mol. The van der Waals surface area contributed by atoms with Gasteiger partial charge in [-0.2, -0.15) is 26.3 Å². The molecule has 0 spiro atoms. The van der Waals surface area contributed by atoms with Crippen LogP contribution in [0.1, 0.15) is 23.6 Å². The predicted octanol–water partition coefficient (Wildman–Crippen LogP) is 4.58. The summed E-state index contributed by atoms with van der Waals surface area (Å²) >= 11 is 3.57. The molecule has 0 unspecified atom stereocenters. The van der Waals surface area contributed by atoms with Crippen LogP contribution in [0, 0.1) is 0 Å². The topological polar surface area (TPSA) is 0 Å². The summed E-state index contributed by atoms with van der Waals surface area (Å²) in [7, 11) is 0. The summed E-state index contributed by atoms with van der Waals surface area (Å²) < 4.78 is 75.2. The zero-order chi connectivity index (χ0) is 13.4. The second-order valence-corrected chi connectivity index (χ2v) is 3.79. The molecule has 0 bridgehead atoms. The first-order valence-electron chi connectivity index (χ1n) is 4.58. The Hall–Kier alpha value is -0.850. The van der Waals surface area contributed by atoms with Crippen molar-refractivity contribution in [3.8, 4) is 0 Å². The summed E-state index contributed by atoms with van der Waals surface area (Å²) in [6.45, 7) is 1.54. The molecule has 96 valence electrons. The number of halogens is 6. The van der Waals surface area contributed by atoms with E-state index in [-0.39, 0.29) is 12.0 Å². The summed E-state index contributed by atoms with van der Waals surface area (Å²) in [5, 5.41) is 0. The monoisotopic (exact) mass is 274 g/mol. The number of hydrogen-bond acceptors (Lipinski definition) is 1. The minimum atomic E-state index is -5.08. The SMILES string of the molecule is CCc1ccc(C(F)(F)F)c(C(F)(F)F)c1S. The van der Waals surface area contributed by atoms with Gasteiger partial charge in [-0.3, -0.25) is 0 Å². The maximum Gasteiger partial charge on any atom is 0.418 e. The van der Waals surface area contributed by atoms with Gasteiger partial charge in [0.05, 0.1) is 11.1 Å². The van der Waals surface area contributed by atoms with Crippen molar-refractivity contribution in [3.05, 3.63) is 28.8 Å². The number of benzene rings is 1. The van der Waals surface area contributed by atoms with Crippen LogP contribution in [-0.4, -0.2) is 0 Å². The molecule has 0 nitrogen and oxygen atoms in total. The van der Waals surface area contributed by atoms with E-state index in [0.717, 1.165) is 6.07 Å². The van der Waals surface area contributed by atoms with Crippen LogP contribution in [0.5, 0.6) is 0 Å². The van der Waals surface area contributed by atoms with Crippen LogP contribution in [0.3, 0.4) is 0 Å². The fraction of sp³-hybridized carbons (Fsp3) is 0.400. The maximum absolute atomic E-state index is 12.6. The Morgan fingerprint density at radius 3 is 1.88 bits per heavy atom.